The second kappa shape index (κ2) is 11.1. The van der Waals surface area contributed by atoms with Gasteiger partial charge in [-0.3, -0.25) is 0 Å². The van der Waals surface area contributed by atoms with E-state index in [1.807, 2.05) is 0 Å². The summed E-state index contributed by atoms with van der Waals surface area (Å²) in [7, 11) is 4.37. The molecule has 0 atom stereocenters. The predicted molar refractivity (Wildman–Crippen MR) is 116 cm³/mol. The molecule has 0 aromatic carbocycles. The normalized spacial score (nSPS) is 22.5. The summed E-state index contributed by atoms with van der Waals surface area (Å²) in [6, 6.07) is 0. The third-order valence-electron chi connectivity index (χ3n) is 7.53. The molecule has 0 bridgehead atoms. The van der Waals surface area contributed by atoms with Gasteiger partial charge in [-0.2, -0.15) is 0 Å². The molecule has 1 heterocycles. The van der Waals surface area contributed by atoms with Crippen LogP contribution in [0, 0.1) is 10.8 Å². The predicted octanol–water partition coefficient (Wildman–Crippen LogP) is 6.35. The van der Waals surface area contributed by atoms with Crippen molar-refractivity contribution in [1.29, 1.82) is 0 Å². The quantitative estimate of drug-likeness (QED) is 0.372. The highest BCUT2D eigenvalue weighted by molar-refractivity contribution is 4.97. The van der Waals surface area contributed by atoms with E-state index < -0.39 is 0 Å². The van der Waals surface area contributed by atoms with Crippen molar-refractivity contribution in [2.24, 2.45) is 10.8 Å². The summed E-state index contributed by atoms with van der Waals surface area (Å²) in [5, 5.41) is 0. The fourth-order valence-electron chi connectivity index (χ4n) is 5.92. The first-order valence-electron chi connectivity index (χ1n) is 11.9. The van der Waals surface area contributed by atoms with E-state index in [1.165, 1.54) is 116 Å². The summed E-state index contributed by atoms with van der Waals surface area (Å²) >= 11 is 0. The zero-order chi connectivity index (χ0) is 18.9. The lowest BCUT2D eigenvalue weighted by molar-refractivity contribution is 0.0646. The molecule has 1 saturated carbocycles. The number of rotatable bonds is 12. The summed E-state index contributed by atoms with van der Waals surface area (Å²) in [6.07, 6.45) is 20.4. The maximum absolute atomic E-state index is 2.81. The fraction of sp³-hybridized carbons (Fsp3) is 1.00. The Morgan fingerprint density at radius 1 is 0.769 bits per heavy atom. The van der Waals surface area contributed by atoms with Gasteiger partial charge in [0.25, 0.3) is 0 Å². The molecule has 2 nitrogen and oxygen atoms in total. The van der Waals surface area contributed by atoms with Gasteiger partial charge in [-0.15, -0.1) is 0 Å². The van der Waals surface area contributed by atoms with E-state index in [0.717, 1.165) is 0 Å². The molecule has 1 spiro atoms. The first-order valence-corrected chi connectivity index (χ1v) is 11.9. The summed E-state index contributed by atoms with van der Waals surface area (Å²) in [5.41, 5.74) is 1.42. The Balaban J connectivity index is 1.62. The topological polar surface area (TPSA) is 6.48 Å². The lowest BCUT2D eigenvalue weighted by Crippen LogP contribution is -2.36. The molecule has 0 radical (unpaired) electrons. The summed E-state index contributed by atoms with van der Waals surface area (Å²) in [6.45, 7) is 10.2. The Bertz CT molecular complexity index is 360. The minimum atomic E-state index is 0.705. The van der Waals surface area contributed by atoms with Gasteiger partial charge in [0.2, 0.25) is 0 Å². The van der Waals surface area contributed by atoms with E-state index in [1.54, 1.807) is 0 Å². The third kappa shape index (κ3) is 6.82. The molecule has 2 rings (SSSR count). The zero-order valence-corrected chi connectivity index (χ0v) is 18.6. The van der Waals surface area contributed by atoms with E-state index in [-0.39, 0.29) is 0 Å². The second-order valence-electron chi connectivity index (χ2n) is 10.1. The highest BCUT2D eigenvalue weighted by atomic mass is 15.2. The molecule has 2 heteroatoms. The smallest absolute Gasteiger partial charge is 0.00385 e. The average Bonchev–Trinajstić information content (AvgIpc) is 3.00. The first-order chi connectivity index (χ1) is 12.5. The van der Waals surface area contributed by atoms with Crippen LogP contribution in [0.5, 0.6) is 0 Å². The second-order valence-corrected chi connectivity index (χ2v) is 10.1. The molecule has 0 unspecified atom stereocenters. The third-order valence-corrected chi connectivity index (χ3v) is 7.53. The number of hydrogen-bond donors (Lipinski definition) is 0. The summed E-state index contributed by atoms with van der Waals surface area (Å²) in [5.74, 6) is 0. The Hall–Kier alpha value is -0.0800. The minimum Gasteiger partial charge on any atom is -0.309 e. The van der Waals surface area contributed by atoms with Crippen LogP contribution in [0.3, 0.4) is 0 Å². The molecule has 0 N–H and O–H groups in total. The molecule has 0 aromatic rings. The molecular weight excluding hydrogens is 316 g/mol. The van der Waals surface area contributed by atoms with Gasteiger partial charge in [-0.25, -0.2) is 0 Å². The maximum Gasteiger partial charge on any atom is 0.00385 e. The maximum atomic E-state index is 2.81. The van der Waals surface area contributed by atoms with Crippen molar-refractivity contribution < 1.29 is 0 Å². The van der Waals surface area contributed by atoms with Gasteiger partial charge >= 0.3 is 0 Å². The van der Waals surface area contributed by atoms with Gasteiger partial charge in [0, 0.05) is 6.54 Å². The van der Waals surface area contributed by atoms with Gasteiger partial charge in [0.1, 0.15) is 0 Å². The van der Waals surface area contributed by atoms with Gasteiger partial charge in [0.05, 0.1) is 0 Å². The van der Waals surface area contributed by atoms with E-state index in [9.17, 15) is 0 Å². The minimum absolute atomic E-state index is 0.705. The molecule has 2 aliphatic rings. The molecule has 1 aliphatic carbocycles. The number of unbranched alkanes of at least 4 members (excludes halogenated alkanes) is 4. The molecule has 26 heavy (non-hydrogen) atoms. The highest BCUT2D eigenvalue weighted by Gasteiger charge is 2.44. The van der Waals surface area contributed by atoms with Gasteiger partial charge in [-0.1, -0.05) is 46.0 Å². The Labute approximate surface area is 165 Å². The van der Waals surface area contributed by atoms with Crippen LogP contribution in [0.25, 0.3) is 0 Å². The number of hydrogen-bond acceptors (Lipinski definition) is 2. The highest BCUT2D eigenvalue weighted by Crippen LogP contribution is 2.53. The zero-order valence-electron chi connectivity index (χ0n) is 18.6. The van der Waals surface area contributed by atoms with Crippen molar-refractivity contribution in [3.05, 3.63) is 0 Å². The monoisotopic (exact) mass is 364 g/mol. The van der Waals surface area contributed by atoms with Crippen molar-refractivity contribution in [1.82, 2.24) is 9.80 Å². The summed E-state index contributed by atoms with van der Waals surface area (Å²) in [4.78, 5) is 5.12. The van der Waals surface area contributed by atoms with Crippen molar-refractivity contribution in [3.63, 3.8) is 0 Å². The number of nitrogens with zero attached hydrogens (tertiary/aromatic N) is 2. The van der Waals surface area contributed by atoms with Crippen LogP contribution in [0.2, 0.25) is 0 Å². The Kier molecular flexibility index (Phi) is 9.44. The molecule has 1 saturated heterocycles. The van der Waals surface area contributed by atoms with E-state index in [4.69, 9.17) is 0 Å². The van der Waals surface area contributed by atoms with Crippen LogP contribution in [-0.4, -0.2) is 50.1 Å². The average molecular weight is 365 g/mol. The van der Waals surface area contributed by atoms with E-state index in [0.29, 0.717) is 10.8 Å². The van der Waals surface area contributed by atoms with Crippen molar-refractivity contribution >= 4 is 0 Å². The lowest BCUT2D eigenvalue weighted by Gasteiger charge is -2.45. The van der Waals surface area contributed by atoms with E-state index >= 15 is 0 Å². The lowest BCUT2D eigenvalue weighted by atomic mass is 9.60. The molecule has 2 fully saturated rings. The van der Waals surface area contributed by atoms with Gasteiger partial charge in [-0.05, 0) is 102 Å². The van der Waals surface area contributed by atoms with Crippen LogP contribution >= 0.6 is 0 Å². The molecule has 0 aromatic heterocycles. The summed E-state index contributed by atoms with van der Waals surface area (Å²) < 4.78 is 0. The SMILES string of the molecule is CCCC1(CCC)CCC2(CCN(CCCCCCCN(C)C)C2)CC1. The van der Waals surface area contributed by atoms with Crippen LogP contribution in [0.15, 0.2) is 0 Å². The van der Waals surface area contributed by atoms with Crippen LogP contribution < -0.4 is 0 Å². The van der Waals surface area contributed by atoms with Gasteiger partial charge in [0.15, 0.2) is 0 Å². The van der Waals surface area contributed by atoms with Gasteiger partial charge < -0.3 is 9.80 Å². The fourth-order valence-corrected chi connectivity index (χ4v) is 5.92. The first kappa shape index (κ1) is 22.2. The van der Waals surface area contributed by atoms with Crippen LogP contribution in [0.1, 0.15) is 104 Å². The standard InChI is InChI=1S/C24H48N2/c1-5-12-23(13-6-2)14-16-24(17-15-23)18-21-26(22-24)20-11-9-7-8-10-19-25(3)4/h5-22H2,1-4H3. The largest absolute Gasteiger partial charge is 0.309 e. The Morgan fingerprint density at radius 2 is 1.38 bits per heavy atom. The number of likely N-dealkylation sites (tertiary alicyclic amines) is 1. The molecule has 154 valence electrons. The van der Waals surface area contributed by atoms with E-state index in [2.05, 4.69) is 37.7 Å². The Morgan fingerprint density at radius 3 is 2.00 bits per heavy atom. The van der Waals surface area contributed by atoms with Crippen LogP contribution in [-0.2, 0) is 0 Å². The van der Waals surface area contributed by atoms with Crippen molar-refractivity contribution in [3.8, 4) is 0 Å². The van der Waals surface area contributed by atoms with Crippen LogP contribution in [0.4, 0.5) is 0 Å². The molecular formula is C24H48N2. The van der Waals surface area contributed by atoms with Crippen molar-refractivity contribution in [2.45, 2.75) is 104 Å². The molecule has 0 amide bonds. The molecule has 1 aliphatic heterocycles. The van der Waals surface area contributed by atoms with Crippen molar-refractivity contribution in [2.75, 3.05) is 40.3 Å².